The summed E-state index contributed by atoms with van der Waals surface area (Å²) >= 11 is 0. The number of carbonyl (C=O) groups excluding carboxylic acids is 1. The summed E-state index contributed by atoms with van der Waals surface area (Å²) in [5.41, 5.74) is 8.20. The fourth-order valence-corrected chi connectivity index (χ4v) is 2.24. The number of carbonyl (C=O) groups is 1. The molecule has 0 saturated heterocycles. The number of nitrogens with two attached hydrogens (primary N) is 1. The van der Waals surface area contributed by atoms with Crippen molar-refractivity contribution in [2.24, 2.45) is 5.73 Å². The van der Waals surface area contributed by atoms with E-state index in [1.807, 2.05) is 12.1 Å². The van der Waals surface area contributed by atoms with E-state index in [-0.39, 0.29) is 11.3 Å². The van der Waals surface area contributed by atoms with Crippen molar-refractivity contribution in [2.45, 2.75) is 32.7 Å². The summed E-state index contributed by atoms with van der Waals surface area (Å²) < 4.78 is 0. The Morgan fingerprint density at radius 1 is 1.16 bits per heavy atom. The molecule has 0 atom stereocenters. The van der Waals surface area contributed by atoms with Gasteiger partial charge in [0.15, 0.2) is 11.5 Å². The Hall–Kier alpha value is -3.00. The van der Waals surface area contributed by atoms with Gasteiger partial charge in [-0.25, -0.2) is 4.98 Å². The molecule has 0 unspecified atom stereocenters. The van der Waals surface area contributed by atoms with Gasteiger partial charge in [0, 0.05) is 22.4 Å². The molecular formula is C17H21N7O. The predicted molar refractivity (Wildman–Crippen MR) is 95.0 cm³/mol. The van der Waals surface area contributed by atoms with Gasteiger partial charge in [-0.05, 0) is 30.3 Å². The molecule has 5 N–H and O–H groups in total. The summed E-state index contributed by atoms with van der Waals surface area (Å²) in [7, 11) is 0. The number of H-pyrrole nitrogens is 2. The second kappa shape index (κ2) is 6.48. The Kier molecular flexibility index (Phi) is 4.37. The van der Waals surface area contributed by atoms with E-state index in [0.717, 1.165) is 11.3 Å². The zero-order valence-corrected chi connectivity index (χ0v) is 14.4. The minimum atomic E-state index is -0.261. The van der Waals surface area contributed by atoms with Gasteiger partial charge in [0.25, 0.3) is 5.91 Å². The SMILES string of the molecule is CC(C)(C)c1cc(C(=O)Nc2ccc(-c3n[nH]c(CN)n3)cc2)n[nH]1. The van der Waals surface area contributed by atoms with E-state index < -0.39 is 0 Å². The molecular weight excluding hydrogens is 318 g/mol. The molecule has 8 nitrogen and oxygen atoms in total. The topological polar surface area (TPSA) is 125 Å². The lowest BCUT2D eigenvalue weighted by Crippen LogP contribution is -2.13. The summed E-state index contributed by atoms with van der Waals surface area (Å²) in [4.78, 5) is 16.6. The van der Waals surface area contributed by atoms with Crippen LogP contribution in [0.1, 0.15) is 42.8 Å². The van der Waals surface area contributed by atoms with Crippen molar-refractivity contribution in [3.8, 4) is 11.4 Å². The average molecular weight is 339 g/mol. The molecule has 130 valence electrons. The lowest BCUT2D eigenvalue weighted by Gasteiger charge is -2.14. The maximum absolute atomic E-state index is 12.3. The van der Waals surface area contributed by atoms with Gasteiger partial charge in [0.05, 0.1) is 6.54 Å². The van der Waals surface area contributed by atoms with Crippen molar-refractivity contribution in [2.75, 3.05) is 5.32 Å². The third-order valence-corrected chi connectivity index (χ3v) is 3.74. The summed E-state index contributed by atoms with van der Waals surface area (Å²) in [5.74, 6) is 0.934. The van der Waals surface area contributed by atoms with Crippen LogP contribution in [0.25, 0.3) is 11.4 Å². The van der Waals surface area contributed by atoms with E-state index in [2.05, 4.69) is 51.5 Å². The van der Waals surface area contributed by atoms with Crippen LogP contribution < -0.4 is 11.1 Å². The van der Waals surface area contributed by atoms with Crippen LogP contribution in [0.2, 0.25) is 0 Å². The largest absolute Gasteiger partial charge is 0.324 e. The van der Waals surface area contributed by atoms with Crippen LogP contribution >= 0.6 is 0 Å². The third-order valence-electron chi connectivity index (χ3n) is 3.74. The van der Waals surface area contributed by atoms with E-state index in [4.69, 9.17) is 5.73 Å². The number of amides is 1. The van der Waals surface area contributed by atoms with E-state index in [9.17, 15) is 4.79 Å². The highest BCUT2D eigenvalue weighted by Crippen LogP contribution is 2.21. The molecule has 0 saturated carbocycles. The molecule has 0 spiro atoms. The van der Waals surface area contributed by atoms with Gasteiger partial charge < -0.3 is 11.1 Å². The first-order valence-electron chi connectivity index (χ1n) is 7.96. The molecule has 0 fully saturated rings. The number of aromatic nitrogens is 5. The molecule has 25 heavy (non-hydrogen) atoms. The highest BCUT2D eigenvalue weighted by molar-refractivity contribution is 6.03. The number of aromatic amines is 2. The Morgan fingerprint density at radius 2 is 1.88 bits per heavy atom. The van der Waals surface area contributed by atoms with Crippen LogP contribution in [0, 0.1) is 0 Å². The predicted octanol–water partition coefficient (Wildman–Crippen LogP) is 2.20. The molecule has 0 radical (unpaired) electrons. The molecule has 1 amide bonds. The first-order chi connectivity index (χ1) is 11.9. The van der Waals surface area contributed by atoms with E-state index in [1.165, 1.54) is 0 Å². The van der Waals surface area contributed by atoms with Crippen molar-refractivity contribution in [3.05, 3.63) is 47.5 Å². The maximum atomic E-state index is 12.3. The van der Waals surface area contributed by atoms with Crippen molar-refractivity contribution in [3.63, 3.8) is 0 Å². The van der Waals surface area contributed by atoms with Crippen molar-refractivity contribution in [1.29, 1.82) is 0 Å². The Bertz CT molecular complexity index is 871. The number of anilines is 1. The van der Waals surface area contributed by atoms with Crippen molar-refractivity contribution in [1.82, 2.24) is 25.4 Å². The minimum Gasteiger partial charge on any atom is -0.324 e. The summed E-state index contributed by atoms with van der Waals surface area (Å²) in [6, 6.07) is 9.03. The van der Waals surface area contributed by atoms with Crippen molar-refractivity contribution < 1.29 is 4.79 Å². The third kappa shape index (κ3) is 3.74. The number of benzene rings is 1. The first kappa shape index (κ1) is 16.8. The smallest absolute Gasteiger partial charge is 0.276 e. The molecule has 2 aromatic heterocycles. The fraction of sp³-hybridized carbons (Fsp3) is 0.294. The molecule has 8 heteroatoms. The summed E-state index contributed by atoms with van der Waals surface area (Å²) in [6.45, 7) is 6.47. The Labute approximate surface area is 145 Å². The molecule has 0 aliphatic carbocycles. The summed E-state index contributed by atoms with van der Waals surface area (Å²) in [5, 5.41) is 16.7. The zero-order valence-electron chi connectivity index (χ0n) is 14.4. The summed E-state index contributed by atoms with van der Waals surface area (Å²) in [6.07, 6.45) is 0. The quantitative estimate of drug-likeness (QED) is 0.580. The van der Waals surface area contributed by atoms with Crippen LogP contribution in [0.15, 0.2) is 30.3 Å². The van der Waals surface area contributed by atoms with Gasteiger partial charge in [-0.1, -0.05) is 20.8 Å². The Balaban J connectivity index is 1.70. The number of nitrogens with zero attached hydrogens (tertiary/aromatic N) is 3. The van der Waals surface area contributed by atoms with E-state index in [0.29, 0.717) is 29.6 Å². The average Bonchev–Trinajstić information content (AvgIpc) is 3.24. The molecule has 1 aromatic carbocycles. The number of hydrogen-bond acceptors (Lipinski definition) is 5. The number of hydrogen-bond donors (Lipinski definition) is 4. The zero-order chi connectivity index (χ0) is 18.0. The molecule has 0 bridgehead atoms. The first-order valence-corrected chi connectivity index (χ1v) is 7.96. The second-order valence-electron chi connectivity index (χ2n) is 6.76. The van der Waals surface area contributed by atoms with E-state index in [1.54, 1.807) is 18.2 Å². The standard InChI is InChI=1S/C17H21N7O/c1-17(2,3)13-8-12(21-22-13)16(25)19-11-6-4-10(5-7-11)15-20-14(9-18)23-24-15/h4-8H,9,18H2,1-3H3,(H,19,25)(H,21,22)(H,20,23,24). The maximum Gasteiger partial charge on any atom is 0.276 e. The van der Waals surface area contributed by atoms with Gasteiger partial charge in [-0.2, -0.15) is 10.2 Å². The minimum absolute atomic E-state index is 0.0912. The molecule has 3 rings (SSSR count). The van der Waals surface area contributed by atoms with Gasteiger partial charge in [-0.3, -0.25) is 15.0 Å². The van der Waals surface area contributed by atoms with Gasteiger partial charge in [0.2, 0.25) is 0 Å². The fourth-order valence-electron chi connectivity index (χ4n) is 2.24. The van der Waals surface area contributed by atoms with Crippen LogP contribution in [0.5, 0.6) is 0 Å². The van der Waals surface area contributed by atoms with Crippen LogP contribution in [0.3, 0.4) is 0 Å². The molecule has 3 aromatic rings. The lowest BCUT2D eigenvalue weighted by atomic mass is 9.92. The van der Waals surface area contributed by atoms with Crippen molar-refractivity contribution >= 4 is 11.6 Å². The lowest BCUT2D eigenvalue weighted by molar-refractivity contribution is 0.102. The van der Waals surface area contributed by atoms with Crippen LogP contribution in [0.4, 0.5) is 5.69 Å². The monoisotopic (exact) mass is 339 g/mol. The highest BCUT2D eigenvalue weighted by atomic mass is 16.1. The normalized spacial score (nSPS) is 11.5. The van der Waals surface area contributed by atoms with Crippen LogP contribution in [-0.4, -0.2) is 31.3 Å². The highest BCUT2D eigenvalue weighted by Gasteiger charge is 2.19. The van der Waals surface area contributed by atoms with Gasteiger partial charge >= 0.3 is 0 Å². The number of nitrogens with one attached hydrogen (secondary N) is 3. The Morgan fingerprint density at radius 3 is 2.44 bits per heavy atom. The number of rotatable bonds is 4. The molecule has 0 aliphatic rings. The second-order valence-corrected chi connectivity index (χ2v) is 6.76. The van der Waals surface area contributed by atoms with Crippen LogP contribution in [-0.2, 0) is 12.0 Å². The van der Waals surface area contributed by atoms with Gasteiger partial charge in [-0.15, -0.1) is 0 Å². The van der Waals surface area contributed by atoms with Gasteiger partial charge in [0.1, 0.15) is 5.82 Å². The molecule has 2 heterocycles. The molecule has 0 aliphatic heterocycles. The van der Waals surface area contributed by atoms with E-state index >= 15 is 0 Å².